The van der Waals surface area contributed by atoms with Crippen LogP contribution in [0.2, 0.25) is 0 Å². The minimum atomic E-state index is -0.514. The Bertz CT molecular complexity index is 947. The van der Waals surface area contributed by atoms with Crippen molar-refractivity contribution in [3.8, 4) is 0 Å². The first-order valence-corrected chi connectivity index (χ1v) is 9.31. The summed E-state index contributed by atoms with van der Waals surface area (Å²) in [6, 6.07) is 7.21. The summed E-state index contributed by atoms with van der Waals surface area (Å²) in [5.74, 6) is -0.973. The first-order chi connectivity index (χ1) is 12.0. The van der Waals surface area contributed by atoms with Crippen molar-refractivity contribution in [3.05, 3.63) is 45.1 Å². The number of hydrazine groups is 1. The number of ether oxygens (including phenoxy) is 1. The van der Waals surface area contributed by atoms with Gasteiger partial charge < -0.3 is 4.74 Å². The molecular formula is C15H13N3O4S3. The lowest BCUT2D eigenvalue weighted by atomic mass is 10.3. The molecule has 0 radical (unpaired) electrons. The van der Waals surface area contributed by atoms with E-state index in [-0.39, 0.29) is 15.7 Å². The number of thiazole rings is 1. The third kappa shape index (κ3) is 3.60. The van der Waals surface area contributed by atoms with Crippen LogP contribution in [0.3, 0.4) is 0 Å². The third-order valence-corrected chi connectivity index (χ3v) is 5.50. The lowest BCUT2D eigenvalue weighted by molar-refractivity contribution is -0.133. The molecule has 0 unspecified atom stereocenters. The van der Waals surface area contributed by atoms with Gasteiger partial charge in [-0.1, -0.05) is 23.5 Å². The van der Waals surface area contributed by atoms with Crippen LogP contribution in [0, 0.1) is 0 Å². The van der Waals surface area contributed by atoms with Gasteiger partial charge in [0.15, 0.2) is 4.32 Å². The van der Waals surface area contributed by atoms with Gasteiger partial charge in [-0.05, 0) is 43.0 Å². The fraction of sp³-hybridized carbons (Fsp3) is 0.200. The Balaban J connectivity index is 1.74. The average Bonchev–Trinajstić information content (AvgIpc) is 3.04. The third-order valence-electron chi connectivity index (χ3n) is 3.26. The van der Waals surface area contributed by atoms with Gasteiger partial charge in [0.2, 0.25) is 0 Å². The van der Waals surface area contributed by atoms with Gasteiger partial charge in [0, 0.05) is 0 Å². The Hall–Kier alpha value is -2.17. The van der Waals surface area contributed by atoms with E-state index in [2.05, 4.69) is 5.43 Å². The molecule has 7 nitrogen and oxygen atoms in total. The minimum Gasteiger partial charge on any atom is -0.500 e. The van der Waals surface area contributed by atoms with Crippen LogP contribution in [-0.4, -0.2) is 32.3 Å². The molecule has 1 saturated heterocycles. The van der Waals surface area contributed by atoms with Gasteiger partial charge in [-0.25, -0.2) is 0 Å². The second-order valence-electron chi connectivity index (χ2n) is 4.90. The molecule has 1 fully saturated rings. The van der Waals surface area contributed by atoms with Gasteiger partial charge in [-0.2, -0.15) is 5.01 Å². The van der Waals surface area contributed by atoms with E-state index >= 15 is 0 Å². The normalized spacial score (nSPS) is 16.0. The van der Waals surface area contributed by atoms with E-state index in [0.29, 0.717) is 17.0 Å². The Labute approximate surface area is 156 Å². The minimum absolute atomic E-state index is 0.201. The maximum absolute atomic E-state index is 12.3. The molecule has 1 N–H and O–H groups in total. The molecule has 1 aromatic heterocycles. The molecule has 3 rings (SSSR count). The van der Waals surface area contributed by atoms with E-state index in [4.69, 9.17) is 17.0 Å². The monoisotopic (exact) mass is 395 g/mol. The quantitative estimate of drug-likeness (QED) is 0.473. The van der Waals surface area contributed by atoms with Crippen LogP contribution in [-0.2, 0) is 20.9 Å². The number of hydrogen-bond acceptors (Lipinski definition) is 7. The second-order valence-corrected chi connectivity index (χ2v) is 7.57. The number of amides is 2. The van der Waals surface area contributed by atoms with Gasteiger partial charge in [0.1, 0.15) is 17.7 Å². The standard InChI is InChI=1S/C15H13N3O4S3/c1-2-22-8-11-13(20)18(15(23)25-11)16-12(19)7-17-9-5-3-4-6-10(9)24-14(17)21/h3-6,8H,2,7H2,1H3,(H,16,19)/b11-8-. The van der Waals surface area contributed by atoms with Gasteiger partial charge in [0.25, 0.3) is 11.8 Å². The highest BCUT2D eigenvalue weighted by atomic mass is 32.2. The highest BCUT2D eigenvalue weighted by molar-refractivity contribution is 8.26. The summed E-state index contributed by atoms with van der Waals surface area (Å²) in [6.45, 7) is 2.01. The predicted molar refractivity (Wildman–Crippen MR) is 101 cm³/mol. The molecule has 2 heterocycles. The van der Waals surface area contributed by atoms with Crippen LogP contribution < -0.4 is 10.3 Å². The lowest BCUT2D eigenvalue weighted by Crippen LogP contribution is -2.46. The zero-order valence-electron chi connectivity index (χ0n) is 13.1. The average molecular weight is 395 g/mol. The van der Waals surface area contributed by atoms with E-state index in [0.717, 1.165) is 32.8 Å². The first-order valence-electron chi connectivity index (χ1n) is 7.27. The Morgan fingerprint density at radius 1 is 1.36 bits per heavy atom. The smallest absolute Gasteiger partial charge is 0.308 e. The summed E-state index contributed by atoms with van der Waals surface area (Å²) in [6.07, 6.45) is 1.32. The van der Waals surface area contributed by atoms with Gasteiger partial charge in [-0.3, -0.25) is 24.4 Å². The molecular weight excluding hydrogens is 382 g/mol. The van der Waals surface area contributed by atoms with E-state index < -0.39 is 11.8 Å². The number of hydrogen-bond donors (Lipinski definition) is 1. The molecule has 0 atom stereocenters. The largest absolute Gasteiger partial charge is 0.500 e. The fourth-order valence-electron chi connectivity index (χ4n) is 2.17. The van der Waals surface area contributed by atoms with Crippen molar-refractivity contribution in [2.45, 2.75) is 13.5 Å². The molecule has 0 saturated carbocycles. The van der Waals surface area contributed by atoms with Crippen LogP contribution in [0.25, 0.3) is 10.2 Å². The number of carbonyl (C=O) groups excluding carboxylic acids is 2. The number of fused-ring (bicyclic) bond motifs is 1. The number of nitrogens with one attached hydrogen (secondary N) is 1. The van der Waals surface area contributed by atoms with E-state index in [1.165, 1.54) is 10.8 Å². The molecule has 1 aliphatic heterocycles. The number of nitrogens with zero attached hydrogens (tertiary/aromatic N) is 2. The highest BCUT2D eigenvalue weighted by Crippen LogP contribution is 2.29. The summed E-state index contributed by atoms with van der Waals surface area (Å²) < 4.78 is 7.45. The summed E-state index contributed by atoms with van der Waals surface area (Å²) in [4.78, 5) is 36.7. The summed E-state index contributed by atoms with van der Waals surface area (Å²) in [5.41, 5.74) is 3.12. The number of thioether (sulfide) groups is 1. The molecule has 10 heteroatoms. The molecule has 130 valence electrons. The number of rotatable bonds is 5. The molecule has 1 aromatic carbocycles. The lowest BCUT2D eigenvalue weighted by Gasteiger charge is -2.15. The molecule has 2 amide bonds. The van der Waals surface area contributed by atoms with E-state index in [1.54, 1.807) is 19.1 Å². The summed E-state index contributed by atoms with van der Waals surface area (Å²) in [7, 11) is 0. The maximum Gasteiger partial charge on any atom is 0.308 e. The van der Waals surface area contributed by atoms with Crippen molar-refractivity contribution in [1.29, 1.82) is 0 Å². The molecule has 0 spiro atoms. The molecule has 2 aromatic rings. The number of carbonyl (C=O) groups is 2. The summed E-state index contributed by atoms with van der Waals surface area (Å²) in [5, 5.41) is 0.993. The van der Waals surface area contributed by atoms with Crippen molar-refractivity contribution >= 4 is 61.7 Å². The van der Waals surface area contributed by atoms with Crippen molar-refractivity contribution in [2.75, 3.05) is 6.61 Å². The van der Waals surface area contributed by atoms with E-state index in [9.17, 15) is 14.4 Å². The Morgan fingerprint density at radius 3 is 2.88 bits per heavy atom. The van der Waals surface area contributed by atoms with Crippen molar-refractivity contribution < 1.29 is 14.3 Å². The van der Waals surface area contributed by atoms with Gasteiger partial charge >= 0.3 is 4.87 Å². The zero-order chi connectivity index (χ0) is 18.0. The number of benzene rings is 1. The Kier molecular flexibility index (Phi) is 5.21. The van der Waals surface area contributed by atoms with Crippen LogP contribution in [0.15, 0.2) is 40.2 Å². The maximum atomic E-state index is 12.3. The SMILES string of the molecule is CCO/C=C1\SC(=S)N(NC(=O)Cn2c(=O)sc3ccccc32)C1=O. The zero-order valence-corrected chi connectivity index (χ0v) is 15.5. The number of aromatic nitrogens is 1. The van der Waals surface area contributed by atoms with Crippen LogP contribution in [0.1, 0.15) is 6.92 Å². The molecule has 0 bridgehead atoms. The van der Waals surface area contributed by atoms with Crippen LogP contribution >= 0.6 is 35.3 Å². The number of thiocarbonyl (C=S) groups is 1. The highest BCUT2D eigenvalue weighted by Gasteiger charge is 2.34. The second kappa shape index (κ2) is 7.38. The van der Waals surface area contributed by atoms with Crippen LogP contribution in [0.5, 0.6) is 0 Å². The number of para-hydroxylation sites is 1. The van der Waals surface area contributed by atoms with Gasteiger partial charge in [-0.15, -0.1) is 0 Å². The molecule has 1 aliphatic rings. The fourth-order valence-corrected chi connectivity index (χ4v) is 4.16. The van der Waals surface area contributed by atoms with Gasteiger partial charge in [0.05, 0.1) is 16.8 Å². The molecule has 25 heavy (non-hydrogen) atoms. The van der Waals surface area contributed by atoms with Crippen LogP contribution in [0.4, 0.5) is 0 Å². The predicted octanol–water partition coefficient (Wildman–Crippen LogP) is 1.83. The first kappa shape index (κ1) is 17.6. The summed E-state index contributed by atoms with van der Waals surface area (Å²) >= 11 is 7.21. The van der Waals surface area contributed by atoms with E-state index in [1.807, 2.05) is 12.1 Å². The Morgan fingerprint density at radius 2 is 2.12 bits per heavy atom. The van der Waals surface area contributed by atoms with Crippen molar-refractivity contribution in [1.82, 2.24) is 15.0 Å². The molecule has 0 aliphatic carbocycles. The van der Waals surface area contributed by atoms with Crippen molar-refractivity contribution in [3.63, 3.8) is 0 Å². The van der Waals surface area contributed by atoms with Crippen molar-refractivity contribution in [2.24, 2.45) is 0 Å². The topological polar surface area (TPSA) is 80.6 Å².